The van der Waals surface area contributed by atoms with Gasteiger partial charge in [0.05, 0.1) is 12.1 Å². The number of urea groups is 1. The molecule has 2 amide bonds. The molecule has 0 bridgehead atoms. The number of carbonyl (C=O) groups excluding carboxylic acids is 1. The van der Waals surface area contributed by atoms with Crippen molar-refractivity contribution in [1.29, 1.82) is 0 Å². The van der Waals surface area contributed by atoms with Crippen LogP contribution >= 0.6 is 0 Å². The smallest absolute Gasteiger partial charge is 0.318 e. The monoisotopic (exact) mass is 332 g/mol. The summed E-state index contributed by atoms with van der Waals surface area (Å²) in [6, 6.07) is 0.422. The minimum absolute atomic E-state index is 0.0716. The Morgan fingerprint density at radius 1 is 1.46 bits per heavy atom. The third-order valence-corrected chi connectivity index (χ3v) is 6.33. The summed E-state index contributed by atoms with van der Waals surface area (Å²) in [5, 5.41) is 3.32. The number of imidazole rings is 1. The summed E-state index contributed by atoms with van der Waals surface area (Å²) in [6.45, 7) is 3.63. The minimum Gasteiger partial charge on any atom is -0.378 e. The van der Waals surface area contributed by atoms with Gasteiger partial charge in [-0.15, -0.1) is 0 Å². The van der Waals surface area contributed by atoms with Gasteiger partial charge in [-0.1, -0.05) is 6.42 Å². The molecule has 1 spiro atoms. The predicted octanol–water partition coefficient (Wildman–Crippen LogP) is 2.99. The average molecular weight is 332 g/mol. The lowest BCUT2D eigenvalue weighted by atomic mass is 9.51. The van der Waals surface area contributed by atoms with Gasteiger partial charge in [0, 0.05) is 37.0 Å². The van der Waals surface area contributed by atoms with Gasteiger partial charge in [-0.25, -0.2) is 9.78 Å². The molecule has 1 aromatic rings. The van der Waals surface area contributed by atoms with Gasteiger partial charge in [-0.3, -0.25) is 0 Å². The van der Waals surface area contributed by atoms with E-state index in [1.165, 1.54) is 19.3 Å². The molecule has 4 rings (SSSR count). The maximum absolute atomic E-state index is 12.9. The minimum atomic E-state index is 0.0716. The number of carbonyl (C=O) groups is 1. The molecule has 24 heavy (non-hydrogen) atoms. The predicted molar refractivity (Wildman–Crippen MR) is 90.5 cm³/mol. The number of nitrogens with zero attached hydrogens (tertiary/aromatic N) is 2. The molecular weight excluding hydrogens is 304 g/mol. The maximum Gasteiger partial charge on any atom is 0.318 e. The SMILES string of the molecule is CCO[C@@H]1C[C@H](NC(=O)N2CCCC[C@H]2c2ncc[nH]2)C12CCC2. The topological polar surface area (TPSA) is 70.2 Å². The quantitative estimate of drug-likeness (QED) is 0.890. The van der Waals surface area contributed by atoms with Crippen LogP contribution in [0.2, 0.25) is 0 Å². The Hall–Kier alpha value is -1.56. The second-order valence-corrected chi connectivity index (χ2v) is 7.45. The standard InChI is InChI=1S/C18H28N4O2/c1-2-24-15-12-14(18(15)7-5-8-18)21-17(23)22-11-4-3-6-13(22)16-19-9-10-20-16/h9-10,13-15H,2-8,11-12H2,1H3,(H,19,20)(H,21,23)/t13-,14-,15+/m0/s1. The Bertz CT molecular complexity index is 570. The van der Waals surface area contributed by atoms with Gasteiger partial charge in [0.2, 0.25) is 0 Å². The van der Waals surface area contributed by atoms with Crippen LogP contribution in [0, 0.1) is 5.41 Å². The van der Waals surface area contributed by atoms with E-state index in [1.807, 2.05) is 11.1 Å². The molecule has 2 N–H and O–H groups in total. The number of aromatic amines is 1. The molecule has 1 aromatic heterocycles. The van der Waals surface area contributed by atoms with Crippen LogP contribution in [0.3, 0.4) is 0 Å². The number of hydrogen-bond donors (Lipinski definition) is 2. The fourth-order valence-electron chi connectivity index (χ4n) is 4.79. The highest BCUT2D eigenvalue weighted by Crippen LogP contribution is 2.57. The van der Waals surface area contributed by atoms with Crippen molar-refractivity contribution in [2.75, 3.05) is 13.2 Å². The van der Waals surface area contributed by atoms with Crippen molar-refractivity contribution in [2.24, 2.45) is 5.41 Å². The lowest BCUT2D eigenvalue weighted by Gasteiger charge is -2.61. The maximum atomic E-state index is 12.9. The molecular formula is C18H28N4O2. The van der Waals surface area contributed by atoms with E-state index in [4.69, 9.17) is 4.74 Å². The summed E-state index contributed by atoms with van der Waals surface area (Å²) < 4.78 is 5.89. The van der Waals surface area contributed by atoms with Gasteiger partial charge in [-0.05, 0) is 45.4 Å². The highest BCUT2D eigenvalue weighted by molar-refractivity contribution is 5.75. The van der Waals surface area contributed by atoms with Gasteiger partial charge < -0.3 is 19.9 Å². The van der Waals surface area contributed by atoms with Gasteiger partial charge in [0.25, 0.3) is 0 Å². The Balaban J connectivity index is 1.42. The van der Waals surface area contributed by atoms with Crippen LogP contribution < -0.4 is 5.32 Å². The summed E-state index contributed by atoms with van der Waals surface area (Å²) >= 11 is 0. The highest BCUT2D eigenvalue weighted by atomic mass is 16.5. The largest absolute Gasteiger partial charge is 0.378 e. The molecule has 6 nitrogen and oxygen atoms in total. The van der Waals surface area contributed by atoms with Crippen molar-refractivity contribution in [3.05, 3.63) is 18.2 Å². The van der Waals surface area contributed by atoms with E-state index in [0.717, 1.165) is 44.7 Å². The molecule has 3 aliphatic rings. The molecule has 3 fully saturated rings. The zero-order valence-corrected chi connectivity index (χ0v) is 14.5. The summed E-state index contributed by atoms with van der Waals surface area (Å²) in [6.07, 6.45) is 11.7. The fraction of sp³-hybridized carbons (Fsp3) is 0.778. The van der Waals surface area contributed by atoms with Gasteiger partial charge in [-0.2, -0.15) is 0 Å². The molecule has 3 atom stereocenters. The van der Waals surface area contributed by atoms with Gasteiger partial charge in [0.15, 0.2) is 0 Å². The van der Waals surface area contributed by atoms with Crippen molar-refractivity contribution in [3.63, 3.8) is 0 Å². The van der Waals surface area contributed by atoms with Gasteiger partial charge in [0.1, 0.15) is 5.82 Å². The van der Waals surface area contributed by atoms with Crippen molar-refractivity contribution in [1.82, 2.24) is 20.2 Å². The summed E-state index contributed by atoms with van der Waals surface area (Å²) in [4.78, 5) is 22.5. The van der Waals surface area contributed by atoms with Crippen molar-refractivity contribution < 1.29 is 9.53 Å². The number of H-pyrrole nitrogens is 1. The summed E-state index contributed by atoms with van der Waals surface area (Å²) in [5.41, 5.74) is 0.210. The number of ether oxygens (including phenoxy) is 1. The normalized spacial score (nSPS) is 31.4. The molecule has 6 heteroatoms. The van der Waals surface area contributed by atoms with E-state index < -0.39 is 0 Å². The lowest BCUT2D eigenvalue weighted by molar-refractivity contribution is -0.170. The summed E-state index contributed by atoms with van der Waals surface area (Å²) in [7, 11) is 0. The Kier molecular flexibility index (Phi) is 4.24. The van der Waals surface area contributed by atoms with E-state index in [-0.39, 0.29) is 23.5 Å². The fourth-order valence-corrected chi connectivity index (χ4v) is 4.79. The lowest BCUT2D eigenvalue weighted by Crippen LogP contribution is -2.68. The average Bonchev–Trinajstić information content (AvgIpc) is 3.06. The van der Waals surface area contributed by atoms with Crippen molar-refractivity contribution in [3.8, 4) is 0 Å². The zero-order chi connectivity index (χ0) is 16.6. The van der Waals surface area contributed by atoms with Gasteiger partial charge >= 0.3 is 6.03 Å². The Morgan fingerprint density at radius 3 is 3.00 bits per heavy atom. The Morgan fingerprint density at radius 2 is 2.33 bits per heavy atom. The van der Waals surface area contributed by atoms with Crippen LogP contribution in [0.4, 0.5) is 4.79 Å². The van der Waals surface area contributed by atoms with Crippen LogP contribution in [-0.4, -0.2) is 46.2 Å². The molecule has 2 saturated carbocycles. The van der Waals surface area contributed by atoms with E-state index >= 15 is 0 Å². The second-order valence-electron chi connectivity index (χ2n) is 7.45. The first-order chi connectivity index (χ1) is 11.7. The third kappa shape index (κ3) is 2.51. The molecule has 1 aliphatic heterocycles. The number of nitrogens with one attached hydrogen (secondary N) is 2. The number of rotatable bonds is 4. The Labute approximate surface area is 143 Å². The first kappa shape index (κ1) is 15.9. The van der Waals surface area contributed by atoms with Crippen molar-refractivity contribution >= 4 is 6.03 Å². The van der Waals surface area contributed by atoms with Crippen LogP contribution in [-0.2, 0) is 4.74 Å². The van der Waals surface area contributed by atoms with Crippen molar-refractivity contribution in [2.45, 2.75) is 70.1 Å². The molecule has 132 valence electrons. The molecule has 0 radical (unpaired) electrons. The highest BCUT2D eigenvalue weighted by Gasteiger charge is 2.59. The van der Waals surface area contributed by atoms with Crippen LogP contribution in [0.15, 0.2) is 12.4 Å². The molecule has 0 unspecified atom stereocenters. The third-order valence-electron chi connectivity index (χ3n) is 6.33. The first-order valence-electron chi connectivity index (χ1n) is 9.42. The number of piperidine rings is 1. The summed E-state index contributed by atoms with van der Waals surface area (Å²) in [5.74, 6) is 0.906. The second kappa shape index (κ2) is 6.39. The van der Waals surface area contributed by atoms with E-state index in [9.17, 15) is 4.79 Å². The van der Waals surface area contributed by atoms with Crippen LogP contribution in [0.25, 0.3) is 0 Å². The van der Waals surface area contributed by atoms with E-state index in [2.05, 4.69) is 22.2 Å². The molecule has 0 aromatic carbocycles. The molecule has 1 saturated heterocycles. The number of likely N-dealkylation sites (tertiary alicyclic amines) is 1. The molecule has 2 heterocycles. The first-order valence-corrected chi connectivity index (χ1v) is 9.42. The van der Waals surface area contributed by atoms with E-state index in [0.29, 0.717) is 6.10 Å². The van der Waals surface area contributed by atoms with Crippen LogP contribution in [0.1, 0.15) is 63.7 Å². The van der Waals surface area contributed by atoms with E-state index in [1.54, 1.807) is 6.20 Å². The van der Waals surface area contributed by atoms with Crippen LogP contribution in [0.5, 0.6) is 0 Å². The number of aromatic nitrogens is 2. The number of amides is 2. The molecule has 2 aliphatic carbocycles. The zero-order valence-electron chi connectivity index (χ0n) is 14.5. The number of hydrogen-bond acceptors (Lipinski definition) is 3.